The van der Waals surface area contributed by atoms with Crippen molar-refractivity contribution in [1.82, 2.24) is 5.06 Å². The van der Waals surface area contributed by atoms with Gasteiger partial charge in [-0.15, -0.1) is 0 Å². The molecule has 0 bridgehead atoms. The summed E-state index contributed by atoms with van der Waals surface area (Å²) in [6, 6.07) is 7.81. The van der Waals surface area contributed by atoms with Crippen molar-refractivity contribution in [2.45, 2.75) is 26.3 Å². The largest absolute Gasteiger partial charge is 0.373 e. The normalized spacial score (nSPS) is 17.4. The monoisotopic (exact) mass is 248 g/mol. The molecule has 0 unspecified atom stereocenters. The van der Waals surface area contributed by atoms with Crippen molar-refractivity contribution in [2.75, 3.05) is 19.0 Å². The van der Waals surface area contributed by atoms with E-state index in [1.807, 2.05) is 18.2 Å². The molecule has 4 heteroatoms. The van der Waals surface area contributed by atoms with Gasteiger partial charge < -0.3 is 5.32 Å². The summed E-state index contributed by atoms with van der Waals surface area (Å²) < 4.78 is 0. The van der Waals surface area contributed by atoms with E-state index in [1.54, 1.807) is 7.11 Å². The minimum Gasteiger partial charge on any atom is -0.373 e. The van der Waals surface area contributed by atoms with Crippen LogP contribution >= 0.6 is 0 Å². The quantitative estimate of drug-likeness (QED) is 0.829. The predicted molar refractivity (Wildman–Crippen MR) is 71.1 cm³/mol. The molecular formula is C14H20N2O2. The van der Waals surface area contributed by atoms with Gasteiger partial charge in [0.25, 0.3) is 5.91 Å². The smallest absolute Gasteiger partial charge is 0.268 e. The van der Waals surface area contributed by atoms with Gasteiger partial charge >= 0.3 is 0 Å². The number of nitrogens with zero attached hydrogens (tertiary/aromatic N) is 1. The van der Waals surface area contributed by atoms with Gasteiger partial charge in [0.1, 0.15) is 6.04 Å². The number of para-hydroxylation sites is 1. The molecule has 18 heavy (non-hydrogen) atoms. The second-order valence-corrected chi connectivity index (χ2v) is 5.03. The van der Waals surface area contributed by atoms with Crippen molar-refractivity contribution >= 4 is 11.6 Å². The molecule has 1 N–H and O–H groups in total. The number of amides is 1. The summed E-state index contributed by atoms with van der Waals surface area (Å²) in [6.07, 6.45) is 0.729. The first-order chi connectivity index (χ1) is 8.61. The molecule has 0 radical (unpaired) electrons. The summed E-state index contributed by atoms with van der Waals surface area (Å²) in [5.41, 5.74) is 2.24. The molecule has 2 rings (SSSR count). The molecule has 1 atom stereocenters. The van der Waals surface area contributed by atoms with E-state index in [2.05, 4.69) is 25.2 Å². The maximum absolute atomic E-state index is 12.3. The lowest BCUT2D eigenvalue weighted by atomic mass is 10.1. The van der Waals surface area contributed by atoms with Crippen LogP contribution < -0.4 is 5.32 Å². The zero-order chi connectivity index (χ0) is 13.1. The van der Waals surface area contributed by atoms with Crippen molar-refractivity contribution in [1.29, 1.82) is 0 Å². The average molecular weight is 248 g/mol. The molecule has 0 saturated heterocycles. The third-order valence-corrected chi connectivity index (χ3v) is 3.07. The van der Waals surface area contributed by atoms with Crippen LogP contribution in [0.4, 0.5) is 5.69 Å². The molecule has 1 aliphatic heterocycles. The third kappa shape index (κ3) is 2.64. The van der Waals surface area contributed by atoms with Gasteiger partial charge in [0.05, 0.1) is 13.7 Å². The van der Waals surface area contributed by atoms with Crippen LogP contribution in [-0.4, -0.2) is 30.7 Å². The number of hydrogen-bond acceptors (Lipinski definition) is 3. The second kappa shape index (κ2) is 5.40. The van der Waals surface area contributed by atoms with Gasteiger partial charge in [0.2, 0.25) is 0 Å². The van der Waals surface area contributed by atoms with E-state index in [9.17, 15) is 4.79 Å². The zero-order valence-corrected chi connectivity index (χ0v) is 11.1. The summed E-state index contributed by atoms with van der Waals surface area (Å²) in [6.45, 7) is 4.75. The van der Waals surface area contributed by atoms with E-state index >= 15 is 0 Å². The molecule has 0 aromatic heterocycles. The van der Waals surface area contributed by atoms with Gasteiger partial charge in [-0.3, -0.25) is 9.63 Å². The third-order valence-electron chi connectivity index (χ3n) is 3.07. The summed E-state index contributed by atoms with van der Waals surface area (Å²) >= 11 is 0. The van der Waals surface area contributed by atoms with E-state index in [-0.39, 0.29) is 11.9 Å². The lowest BCUT2D eigenvalue weighted by Crippen LogP contribution is -2.43. The molecular weight excluding hydrogens is 228 g/mol. The SMILES string of the molecule is CON(CC(C)C)C(=O)[C@@H]1Cc2ccccc2N1. The highest BCUT2D eigenvalue weighted by molar-refractivity contribution is 5.86. The summed E-state index contributed by atoms with van der Waals surface area (Å²) in [7, 11) is 1.54. The Bertz CT molecular complexity index is 407. The second-order valence-electron chi connectivity index (χ2n) is 5.03. The number of rotatable bonds is 4. The molecule has 1 amide bonds. The van der Waals surface area contributed by atoms with Crippen molar-refractivity contribution in [2.24, 2.45) is 5.92 Å². The first-order valence-electron chi connectivity index (χ1n) is 6.31. The van der Waals surface area contributed by atoms with Crippen LogP contribution in [-0.2, 0) is 16.1 Å². The lowest BCUT2D eigenvalue weighted by molar-refractivity contribution is -0.179. The number of benzene rings is 1. The molecule has 1 aliphatic rings. The number of fused-ring (bicyclic) bond motifs is 1. The molecule has 1 aromatic carbocycles. The Hall–Kier alpha value is -1.55. The van der Waals surface area contributed by atoms with Crippen molar-refractivity contribution in [3.63, 3.8) is 0 Å². The van der Waals surface area contributed by atoms with Gasteiger partial charge in [-0.1, -0.05) is 32.0 Å². The van der Waals surface area contributed by atoms with E-state index in [1.165, 1.54) is 10.6 Å². The Kier molecular flexibility index (Phi) is 3.87. The molecule has 0 aliphatic carbocycles. The summed E-state index contributed by atoms with van der Waals surface area (Å²) in [5.74, 6) is 0.389. The molecule has 4 nitrogen and oxygen atoms in total. The Labute approximate surface area is 108 Å². The van der Waals surface area contributed by atoms with E-state index in [0.29, 0.717) is 12.5 Å². The number of nitrogens with one attached hydrogen (secondary N) is 1. The topological polar surface area (TPSA) is 41.6 Å². The van der Waals surface area contributed by atoms with Gasteiger partial charge in [-0.25, -0.2) is 5.06 Å². The Morgan fingerprint density at radius 2 is 2.22 bits per heavy atom. The van der Waals surface area contributed by atoms with Crippen LogP contribution in [0.5, 0.6) is 0 Å². The molecule has 0 saturated carbocycles. The van der Waals surface area contributed by atoms with Crippen molar-refractivity contribution in [3.05, 3.63) is 29.8 Å². The van der Waals surface area contributed by atoms with Gasteiger partial charge in [0.15, 0.2) is 0 Å². The van der Waals surface area contributed by atoms with Gasteiger partial charge in [0, 0.05) is 12.1 Å². The number of carbonyl (C=O) groups is 1. The fourth-order valence-corrected chi connectivity index (χ4v) is 2.21. The highest BCUT2D eigenvalue weighted by atomic mass is 16.7. The van der Waals surface area contributed by atoms with E-state index in [4.69, 9.17) is 4.84 Å². The minimum atomic E-state index is -0.207. The van der Waals surface area contributed by atoms with Crippen molar-refractivity contribution < 1.29 is 9.63 Å². The number of hydrogen-bond donors (Lipinski definition) is 1. The summed E-state index contributed by atoms with van der Waals surface area (Å²) in [4.78, 5) is 17.5. The van der Waals surface area contributed by atoms with E-state index < -0.39 is 0 Å². The Morgan fingerprint density at radius 1 is 1.50 bits per heavy atom. The zero-order valence-electron chi connectivity index (χ0n) is 11.1. The highest BCUT2D eigenvalue weighted by Gasteiger charge is 2.30. The van der Waals surface area contributed by atoms with Crippen molar-refractivity contribution in [3.8, 4) is 0 Å². The maximum atomic E-state index is 12.3. The Morgan fingerprint density at radius 3 is 2.83 bits per heavy atom. The fourth-order valence-electron chi connectivity index (χ4n) is 2.21. The van der Waals surface area contributed by atoms with Crippen LogP contribution in [0.25, 0.3) is 0 Å². The molecule has 1 heterocycles. The van der Waals surface area contributed by atoms with Crippen LogP contribution in [0, 0.1) is 5.92 Å². The van der Waals surface area contributed by atoms with E-state index in [0.717, 1.165) is 12.1 Å². The molecule has 0 spiro atoms. The number of anilines is 1. The number of hydroxylamine groups is 2. The average Bonchev–Trinajstić information content (AvgIpc) is 2.78. The highest BCUT2D eigenvalue weighted by Crippen LogP contribution is 2.26. The molecule has 0 fully saturated rings. The van der Waals surface area contributed by atoms with Gasteiger partial charge in [-0.2, -0.15) is 0 Å². The minimum absolute atomic E-state index is 0.00222. The van der Waals surface area contributed by atoms with Crippen LogP contribution in [0.15, 0.2) is 24.3 Å². The molecule has 1 aromatic rings. The Balaban J connectivity index is 2.04. The van der Waals surface area contributed by atoms with Crippen LogP contribution in [0.1, 0.15) is 19.4 Å². The lowest BCUT2D eigenvalue weighted by Gasteiger charge is -2.24. The standard InChI is InChI=1S/C14H20N2O2/c1-10(2)9-16(18-3)14(17)13-8-11-6-4-5-7-12(11)15-13/h4-7,10,13,15H,8-9H2,1-3H3/t13-/m0/s1. The first-order valence-corrected chi connectivity index (χ1v) is 6.31. The van der Waals surface area contributed by atoms with Crippen LogP contribution in [0.2, 0.25) is 0 Å². The fraction of sp³-hybridized carbons (Fsp3) is 0.500. The maximum Gasteiger partial charge on any atom is 0.268 e. The van der Waals surface area contributed by atoms with Gasteiger partial charge in [-0.05, 0) is 17.5 Å². The first kappa shape index (κ1) is 12.9. The number of carbonyl (C=O) groups excluding carboxylic acids is 1. The van der Waals surface area contributed by atoms with Crippen LogP contribution in [0.3, 0.4) is 0 Å². The predicted octanol–water partition coefficient (Wildman–Crippen LogP) is 2.07. The molecule has 98 valence electrons. The summed E-state index contributed by atoms with van der Waals surface area (Å²) in [5, 5.41) is 4.70.